The number of rotatable bonds is 7. The summed E-state index contributed by atoms with van der Waals surface area (Å²) in [7, 11) is 0. The molecule has 0 spiro atoms. The predicted molar refractivity (Wildman–Crippen MR) is 135 cm³/mol. The molecule has 0 unspecified atom stereocenters. The minimum Gasteiger partial charge on any atom is -0.389 e. The van der Waals surface area contributed by atoms with Crippen LogP contribution in [0.3, 0.4) is 0 Å². The van der Waals surface area contributed by atoms with Crippen molar-refractivity contribution in [3.8, 4) is 10.4 Å². The Morgan fingerprint density at radius 3 is 2.54 bits per heavy atom. The molecule has 2 aliphatic rings. The van der Waals surface area contributed by atoms with Gasteiger partial charge in [0.1, 0.15) is 17.7 Å². The molecule has 8 nitrogen and oxygen atoms in total. The van der Waals surface area contributed by atoms with Crippen LogP contribution in [0.5, 0.6) is 0 Å². The van der Waals surface area contributed by atoms with E-state index in [0.717, 1.165) is 41.1 Å². The first-order valence-electron chi connectivity index (χ1n) is 12.3. The average molecular weight is 504 g/mol. The van der Waals surface area contributed by atoms with Crippen LogP contribution in [0, 0.1) is 6.92 Å². The summed E-state index contributed by atoms with van der Waals surface area (Å²) in [6.07, 6.45) is 6.13. The number of thiazole rings is 1. The fraction of sp³-hybridized carbons (Fsp3) is 0.600. The van der Waals surface area contributed by atoms with Crippen LogP contribution in [0.1, 0.15) is 78.2 Å². The number of hydrogen-bond donors (Lipinski definition) is 3. The van der Waals surface area contributed by atoms with Gasteiger partial charge in [0, 0.05) is 37.4 Å². The van der Waals surface area contributed by atoms with Crippen molar-refractivity contribution < 1.29 is 19.1 Å². The smallest absolute Gasteiger partial charge is 0.280 e. The van der Waals surface area contributed by atoms with Gasteiger partial charge in [-0.1, -0.05) is 12.8 Å². The molecule has 3 heterocycles. The Morgan fingerprint density at radius 1 is 1.23 bits per heavy atom. The number of halogens is 1. The van der Waals surface area contributed by atoms with Crippen LogP contribution in [0.4, 0.5) is 10.2 Å². The minimum atomic E-state index is -1.08. The number of carbonyl (C=O) groups is 2. The van der Waals surface area contributed by atoms with Crippen molar-refractivity contribution in [1.82, 2.24) is 20.2 Å². The molecular weight excluding hydrogens is 469 g/mol. The number of nitrogens with one attached hydrogen (secondary N) is 2. The lowest BCUT2D eigenvalue weighted by atomic mass is 10.1. The van der Waals surface area contributed by atoms with Gasteiger partial charge < -0.3 is 20.6 Å². The van der Waals surface area contributed by atoms with Gasteiger partial charge in [-0.05, 0) is 58.1 Å². The Balaban J connectivity index is 1.64. The quantitative estimate of drug-likeness (QED) is 0.528. The van der Waals surface area contributed by atoms with Crippen LogP contribution in [0.2, 0.25) is 0 Å². The second-order valence-electron chi connectivity index (χ2n) is 10.2. The minimum absolute atomic E-state index is 0.0517. The summed E-state index contributed by atoms with van der Waals surface area (Å²) in [6, 6.07) is 2.39. The number of aryl methyl sites for hydroxylation is 1. The van der Waals surface area contributed by atoms with Gasteiger partial charge in [0.25, 0.3) is 11.8 Å². The molecular formula is C25H34FN5O3S. The number of alkyl halides is 1. The standard InChI is InChI=1S/C25H34FN5O3S/c1-15-12-19(29-17-6-4-5-7-17)27-13-18(15)21-20(24(33)31-10-8-16(26)9-11-31)30-23(35-21)22(32)28-14-25(2,3)34/h12-13,16-17,34H,4-11,14H2,1-3H3,(H,27,29)(H,28,32). The molecule has 1 aliphatic heterocycles. The van der Waals surface area contributed by atoms with Crippen molar-refractivity contribution in [1.29, 1.82) is 0 Å². The Kier molecular flexibility index (Phi) is 7.70. The van der Waals surface area contributed by atoms with Crippen molar-refractivity contribution in [2.24, 2.45) is 0 Å². The van der Waals surface area contributed by atoms with E-state index in [1.54, 1.807) is 24.9 Å². The molecule has 0 radical (unpaired) electrons. The number of hydrogen-bond acceptors (Lipinski definition) is 7. The van der Waals surface area contributed by atoms with Gasteiger partial charge in [-0.2, -0.15) is 0 Å². The van der Waals surface area contributed by atoms with Gasteiger partial charge in [0.05, 0.1) is 10.5 Å². The number of pyridine rings is 1. The highest BCUT2D eigenvalue weighted by molar-refractivity contribution is 7.17. The van der Waals surface area contributed by atoms with E-state index in [0.29, 0.717) is 36.9 Å². The number of likely N-dealkylation sites (tertiary alicyclic amines) is 1. The Labute approximate surface area is 209 Å². The molecule has 1 saturated heterocycles. The zero-order valence-electron chi connectivity index (χ0n) is 20.6. The lowest BCUT2D eigenvalue weighted by Crippen LogP contribution is -2.39. The zero-order valence-corrected chi connectivity index (χ0v) is 21.4. The van der Waals surface area contributed by atoms with E-state index in [1.807, 2.05) is 13.0 Å². The van der Waals surface area contributed by atoms with E-state index in [-0.39, 0.29) is 23.2 Å². The predicted octanol–water partition coefficient (Wildman–Crippen LogP) is 3.94. The fourth-order valence-electron chi connectivity index (χ4n) is 4.47. The van der Waals surface area contributed by atoms with E-state index in [1.165, 1.54) is 12.8 Å². The molecule has 2 aromatic rings. The third-order valence-electron chi connectivity index (χ3n) is 6.48. The molecule has 190 valence electrons. The van der Waals surface area contributed by atoms with Crippen LogP contribution < -0.4 is 10.6 Å². The highest BCUT2D eigenvalue weighted by Gasteiger charge is 2.30. The molecule has 1 saturated carbocycles. The van der Waals surface area contributed by atoms with Crippen molar-refractivity contribution in [2.45, 2.75) is 77.1 Å². The normalized spacial score (nSPS) is 17.6. The van der Waals surface area contributed by atoms with Crippen LogP contribution in [0.25, 0.3) is 10.4 Å². The van der Waals surface area contributed by atoms with Gasteiger partial charge in [-0.25, -0.2) is 14.4 Å². The maximum Gasteiger partial charge on any atom is 0.280 e. The topological polar surface area (TPSA) is 107 Å². The molecule has 3 N–H and O–H groups in total. The number of piperidine rings is 1. The van der Waals surface area contributed by atoms with E-state index in [2.05, 4.69) is 20.6 Å². The molecule has 2 aromatic heterocycles. The van der Waals surface area contributed by atoms with Gasteiger partial charge in [0.2, 0.25) is 0 Å². The molecule has 0 aromatic carbocycles. The lowest BCUT2D eigenvalue weighted by Gasteiger charge is -2.28. The maximum atomic E-state index is 13.7. The average Bonchev–Trinajstić information content (AvgIpc) is 3.47. The number of aliphatic hydroxyl groups is 1. The Bertz CT molecular complexity index is 1070. The first-order valence-corrected chi connectivity index (χ1v) is 13.1. The maximum absolute atomic E-state index is 13.7. The van der Waals surface area contributed by atoms with Crippen molar-refractivity contribution in [2.75, 3.05) is 25.0 Å². The van der Waals surface area contributed by atoms with E-state index in [9.17, 15) is 19.1 Å². The summed E-state index contributed by atoms with van der Waals surface area (Å²) < 4.78 is 13.7. The lowest BCUT2D eigenvalue weighted by molar-refractivity contribution is 0.0660. The highest BCUT2D eigenvalue weighted by Crippen LogP contribution is 2.35. The van der Waals surface area contributed by atoms with Gasteiger partial charge in [0.15, 0.2) is 5.01 Å². The summed E-state index contributed by atoms with van der Waals surface area (Å²) in [5, 5.41) is 16.3. The molecule has 2 amide bonds. The van der Waals surface area contributed by atoms with E-state index < -0.39 is 17.7 Å². The molecule has 0 bridgehead atoms. The van der Waals surface area contributed by atoms with Crippen LogP contribution >= 0.6 is 11.3 Å². The van der Waals surface area contributed by atoms with Crippen LogP contribution in [0.15, 0.2) is 12.3 Å². The van der Waals surface area contributed by atoms with Crippen molar-refractivity contribution in [3.63, 3.8) is 0 Å². The van der Waals surface area contributed by atoms with E-state index >= 15 is 0 Å². The number of anilines is 1. The molecule has 35 heavy (non-hydrogen) atoms. The molecule has 0 atom stereocenters. The summed E-state index contributed by atoms with van der Waals surface area (Å²) in [5.41, 5.74) is 0.768. The van der Waals surface area contributed by atoms with Crippen LogP contribution in [-0.2, 0) is 0 Å². The summed E-state index contributed by atoms with van der Waals surface area (Å²) in [5.74, 6) is 0.0333. The van der Waals surface area contributed by atoms with Crippen molar-refractivity contribution in [3.05, 3.63) is 28.5 Å². The summed E-state index contributed by atoms with van der Waals surface area (Å²) in [4.78, 5) is 37.4. The summed E-state index contributed by atoms with van der Waals surface area (Å²) in [6.45, 7) is 5.83. The third kappa shape index (κ3) is 6.35. The molecule has 4 rings (SSSR count). The largest absolute Gasteiger partial charge is 0.389 e. The monoisotopic (exact) mass is 503 g/mol. The number of carbonyl (C=O) groups excluding carboxylic acids is 2. The first kappa shape index (κ1) is 25.5. The Morgan fingerprint density at radius 2 is 1.91 bits per heavy atom. The Hall–Kier alpha value is -2.59. The van der Waals surface area contributed by atoms with Crippen LogP contribution in [-0.4, -0.2) is 69.2 Å². The number of aromatic nitrogens is 2. The first-order chi connectivity index (χ1) is 16.6. The summed E-state index contributed by atoms with van der Waals surface area (Å²) >= 11 is 1.13. The van der Waals surface area contributed by atoms with E-state index in [4.69, 9.17) is 0 Å². The van der Waals surface area contributed by atoms with Crippen molar-refractivity contribution >= 4 is 29.0 Å². The fourth-order valence-corrected chi connectivity index (χ4v) is 5.52. The number of nitrogens with zero attached hydrogens (tertiary/aromatic N) is 3. The highest BCUT2D eigenvalue weighted by atomic mass is 32.1. The van der Waals surface area contributed by atoms with Gasteiger partial charge in [-0.15, -0.1) is 11.3 Å². The SMILES string of the molecule is Cc1cc(NC2CCCC2)ncc1-c1sc(C(=O)NCC(C)(C)O)nc1C(=O)N1CCC(F)CC1. The molecule has 1 aliphatic carbocycles. The van der Waals surface area contributed by atoms with Gasteiger partial charge >= 0.3 is 0 Å². The zero-order chi connectivity index (χ0) is 25.2. The van der Waals surface area contributed by atoms with Gasteiger partial charge in [-0.3, -0.25) is 9.59 Å². The third-order valence-corrected chi connectivity index (χ3v) is 7.57. The second kappa shape index (κ2) is 10.6. The number of amides is 2. The molecule has 10 heteroatoms. The molecule has 2 fully saturated rings. The second-order valence-corrected chi connectivity index (χ2v) is 11.2.